The Morgan fingerprint density at radius 2 is 1.91 bits per heavy atom. The molecule has 0 aliphatic carbocycles. The van der Waals surface area contributed by atoms with E-state index in [0.29, 0.717) is 5.56 Å². The molecule has 0 spiro atoms. The number of anilines is 1. The monoisotopic (exact) mass is 475 g/mol. The third-order valence-corrected chi connectivity index (χ3v) is 6.46. The molecule has 0 atom stereocenters. The number of nitrogens with zero attached hydrogens (tertiary/aromatic N) is 2. The van der Waals surface area contributed by atoms with Crippen LogP contribution in [0.25, 0.3) is 0 Å². The summed E-state index contributed by atoms with van der Waals surface area (Å²) < 4.78 is 46.8. The van der Waals surface area contributed by atoms with Crippen LogP contribution >= 0.6 is 11.6 Å². The van der Waals surface area contributed by atoms with Gasteiger partial charge in [-0.2, -0.15) is 0 Å². The second-order valence-electron chi connectivity index (χ2n) is 6.81. The minimum absolute atomic E-state index is 0.0213. The van der Waals surface area contributed by atoms with Gasteiger partial charge < -0.3 is 4.74 Å². The average Bonchev–Trinajstić information content (AvgIpc) is 3.01. The summed E-state index contributed by atoms with van der Waals surface area (Å²) in [4.78, 5) is 29.8. The summed E-state index contributed by atoms with van der Waals surface area (Å²) in [5, 5.41) is -0.123. The van der Waals surface area contributed by atoms with Crippen LogP contribution in [0.1, 0.15) is 26.4 Å². The van der Waals surface area contributed by atoms with Crippen molar-refractivity contribution >= 4 is 39.1 Å². The lowest BCUT2D eigenvalue weighted by atomic mass is 10.2. The van der Waals surface area contributed by atoms with Crippen LogP contribution in [0.5, 0.6) is 5.75 Å². The summed E-state index contributed by atoms with van der Waals surface area (Å²) in [5.74, 6) is -1.67. The number of aromatic nitrogens is 1. The van der Waals surface area contributed by atoms with Crippen molar-refractivity contribution in [3.05, 3.63) is 82.4 Å². The van der Waals surface area contributed by atoms with Gasteiger partial charge in [0.1, 0.15) is 22.2 Å². The van der Waals surface area contributed by atoms with Gasteiger partial charge in [0.05, 0.1) is 29.9 Å². The molecular weight excluding hydrogens is 461 g/mol. The molecule has 0 unspecified atom stereocenters. The number of fused-ring (bicyclic) bond motifs is 1. The Morgan fingerprint density at radius 3 is 2.59 bits per heavy atom. The first-order valence-electron chi connectivity index (χ1n) is 9.17. The van der Waals surface area contributed by atoms with E-state index in [-0.39, 0.29) is 39.2 Å². The fraction of sp³-hybridized carbons (Fsp3) is 0.0952. The molecule has 4 rings (SSSR count). The highest BCUT2D eigenvalue weighted by Crippen LogP contribution is 2.31. The summed E-state index contributed by atoms with van der Waals surface area (Å²) in [5.41, 5.74) is 0.579. The number of halogens is 2. The number of amides is 2. The van der Waals surface area contributed by atoms with Gasteiger partial charge in [0.2, 0.25) is 0 Å². The number of hydrogen-bond acceptors (Lipinski definition) is 6. The lowest BCUT2D eigenvalue weighted by Crippen LogP contribution is -2.29. The molecule has 1 aromatic heterocycles. The molecule has 1 aliphatic heterocycles. The van der Waals surface area contributed by atoms with Gasteiger partial charge in [-0.3, -0.25) is 24.2 Å². The van der Waals surface area contributed by atoms with Gasteiger partial charge in [-0.1, -0.05) is 17.7 Å². The molecule has 164 valence electrons. The highest BCUT2D eigenvalue weighted by molar-refractivity contribution is 7.92. The van der Waals surface area contributed by atoms with Crippen molar-refractivity contribution in [1.82, 2.24) is 9.88 Å². The number of ether oxygens (including phenoxy) is 1. The normalized spacial score (nSPS) is 13.3. The molecule has 2 amide bonds. The molecule has 32 heavy (non-hydrogen) atoms. The lowest BCUT2D eigenvalue weighted by Gasteiger charge is -2.17. The van der Waals surface area contributed by atoms with E-state index in [9.17, 15) is 22.4 Å². The van der Waals surface area contributed by atoms with Crippen LogP contribution in [-0.4, -0.2) is 37.2 Å². The third-order valence-electron chi connectivity index (χ3n) is 4.76. The van der Waals surface area contributed by atoms with Gasteiger partial charge in [0.15, 0.2) is 0 Å². The predicted molar refractivity (Wildman–Crippen MR) is 114 cm³/mol. The Balaban J connectivity index is 1.66. The Labute approximate surface area is 187 Å². The van der Waals surface area contributed by atoms with E-state index in [0.717, 1.165) is 17.0 Å². The Morgan fingerprint density at radius 1 is 1.12 bits per heavy atom. The highest BCUT2D eigenvalue weighted by Gasteiger charge is 2.36. The van der Waals surface area contributed by atoms with E-state index in [4.69, 9.17) is 16.3 Å². The number of carbonyl (C=O) groups is 2. The van der Waals surface area contributed by atoms with E-state index in [1.807, 2.05) is 0 Å². The minimum atomic E-state index is -4.21. The van der Waals surface area contributed by atoms with E-state index >= 15 is 0 Å². The SMILES string of the molecule is COc1ccc(CN2C(=O)c3cccnc3C2=O)cc1S(=O)(=O)Nc1ccc(F)cc1Cl. The molecule has 2 heterocycles. The van der Waals surface area contributed by atoms with Crippen molar-refractivity contribution in [2.24, 2.45) is 0 Å². The van der Waals surface area contributed by atoms with E-state index in [1.165, 1.54) is 37.6 Å². The number of imide groups is 1. The van der Waals surface area contributed by atoms with Crippen LogP contribution in [-0.2, 0) is 16.6 Å². The molecule has 0 saturated carbocycles. The molecule has 1 N–H and O–H groups in total. The zero-order valence-corrected chi connectivity index (χ0v) is 18.1. The number of sulfonamides is 1. The molecule has 0 saturated heterocycles. The maximum atomic E-state index is 13.3. The van der Waals surface area contributed by atoms with Crippen LogP contribution in [0, 0.1) is 5.82 Å². The number of nitrogens with one attached hydrogen (secondary N) is 1. The first-order chi connectivity index (χ1) is 15.2. The van der Waals surface area contributed by atoms with Crippen molar-refractivity contribution < 1.29 is 27.1 Å². The predicted octanol–water partition coefficient (Wildman–Crippen LogP) is 3.48. The Kier molecular flexibility index (Phi) is 5.57. The maximum absolute atomic E-state index is 13.3. The Bertz CT molecular complexity index is 1330. The molecule has 2 aromatic carbocycles. The zero-order valence-electron chi connectivity index (χ0n) is 16.5. The quantitative estimate of drug-likeness (QED) is 0.547. The van der Waals surface area contributed by atoms with Gasteiger partial charge >= 0.3 is 0 Å². The van der Waals surface area contributed by atoms with Gasteiger partial charge in [-0.25, -0.2) is 12.8 Å². The molecular formula is C21H15ClFN3O5S. The molecule has 1 aliphatic rings. The smallest absolute Gasteiger partial charge is 0.280 e. The van der Waals surface area contributed by atoms with E-state index in [1.54, 1.807) is 12.1 Å². The second-order valence-corrected chi connectivity index (χ2v) is 8.87. The first-order valence-corrected chi connectivity index (χ1v) is 11.0. The Hall–Kier alpha value is -3.50. The number of rotatable bonds is 6. The van der Waals surface area contributed by atoms with Crippen LogP contribution in [0.4, 0.5) is 10.1 Å². The average molecular weight is 476 g/mol. The summed E-state index contributed by atoms with van der Waals surface area (Å²) in [6, 6.07) is 10.5. The summed E-state index contributed by atoms with van der Waals surface area (Å²) in [6.07, 6.45) is 1.41. The van der Waals surface area contributed by atoms with Crippen molar-refractivity contribution in [3.8, 4) is 5.75 Å². The van der Waals surface area contributed by atoms with Gasteiger partial charge in [-0.05, 0) is 48.0 Å². The summed E-state index contributed by atoms with van der Waals surface area (Å²) in [6.45, 7) is -0.169. The molecule has 0 bridgehead atoms. The zero-order chi connectivity index (χ0) is 23.0. The van der Waals surface area contributed by atoms with Crippen molar-refractivity contribution in [3.63, 3.8) is 0 Å². The topological polar surface area (TPSA) is 106 Å². The standard InChI is InChI=1S/C21H15ClFN3O5S/c1-31-17-7-4-12(11-26-20(27)14-3-2-8-24-19(14)21(26)28)9-18(17)32(29,30)25-16-6-5-13(23)10-15(16)22/h2-10,25H,11H2,1H3. The fourth-order valence-corrected chi connectivity index (χ4v) is 4.81. The van der Waals surface area contributed by atoms with E-state index in [2.05, 4.69) is 9.71 Å². The lowest BCUT2D eigenvalue weighted by molar-refractivity contribution is 0.0640. The number of methoxy groups -OCH3 is 1. The van der Waals surface area contributed by atoms with Gasteiger partial charge in [0, 0.05) is 6.20 Å². The second kappa shape index (κ2) is 8.21. The van der Waals surface area contributed by atoms with Crippen LogP contribution < -0.4 is 9.46 Å². The van der Waals surface area contributed by atoms with Crippen molar-refractivity contribution in [2.45, 2.75) is 11.4 Å². The van der Waals surface area contributed by atoms with Crippen molar-refractivity contribution in [1.29, 1.82) is 0 Å². The van der Waals surface area contributed by atoms with Gasteiger partial charge in [0.25, 0.3) is 21.8 Å². The van der Waals surface area contributed by atoms with Crippen molar-refractivity contribution in [2.75, 3.05) is 11.8 Å². The van der Waals surface area contributed by atoms with Gasteiger partial charge in [-0.15, -0.1) is 0 Å². The van der Waals surface area contributed by atoms with E-state index < -0.39 is 27.7 Å². The van der Waals surface area contributed by atoms with Crippen LogP contribution in [0.15, 0.2) is 59.6 Å². The minimum Gasteiger partial charge on any atom is -0.495 e. The number of hydrogen-bond donors (Lipinski definition) is 1. The first kappa shape index (κ1) is 21.7. The third kappa shape index (κ3) is 3.90. The van der Waals surface area contributed by atoms with Crippen LogP contribution in [0.3, 0.4) is 0 Å². The number of benzene rings is 2. The van der Waals surface area contributed by atoms with Crippen LogP contribution in [0.2, 0.25) is 5.02 Å². The highest BCUT2D eigenvalue weighted by atomic mass is 35.5. The number of pyridine rings is 1. The maximum Gasteiger partial charge on any atom is 0.280 e. The summed E-state index contributed by atoms with van der Waals surface area (Å²) in [7, 11) is -2.91. The molecule has 11 heteroatoms. The molecule has 8 nitrogen and oxygen atoms in total. The molecule has 0 radical (unpaired) electrons. The fourth-order valence-electron chi connectivity index (χ4n) is 3.24. The molecule has 0 fully saturated rings. The number of carbonyl (C=O) groups excluding carboxylic acids is 2. The largest absolute Gasteiger partial charge is 0.495 e. The molecule has 3 aromatic rings. The summed E-state index contributed by atoms with van der Waals surface area (Å²) >= 11 is 5.93.